The zero-order chi connectivity index (χ0) is 16.7. The Labute approximate surface area is 154 Å². The van der Waals surface area contributed by atoms with Gasteiger partial charge in [-0.1, -0.05) is 58.5 Å². The first-order valence-electron chi connectivity index (χ1n) is 8.89. The van der Waals surface area contributed by atoms with Crippen molar-refractivity contribution in [3.8, 4) is 0 Å². The van der Waals surface area contributed by atoms with Gasteiger partial charge in [0.15, 0.2) is 0 Å². The predicted octanol–water partition coefficient (Wildman–Crippen LogP) is 4.04. The number of fused-ring (bicyclic) bond motifs is 10. The number of rotatable bonds is 0. The van der Waals surface area contributed by atoms with E-state index in [4.69, 9.17) is 0 Å². The molecule has 0 radical (unpaired) electrons. The van der Waals surface area contributed by atoms with Gasteiger partial charge in [0, 0.05) is 34.1 Å². The molecule has 4 unspecified atom stereocenters. The van der Waals surface area contributed by atoms with Crippen LogP contribution >= 0.6 is 15.9 Å². The number of anilines is 1. The highest BCUT2D eigenvalue weighted by Gasteiger charge is 2.45. The van der Waals surface area contributed by atoms with E-state index in [0.29, 0.717) is 24.3 Å². The largest absolute Gasteiger partial charge is 0.377 e. The van der Waals surface area contributed by atoms with Crippen LogP contribution in [-0.4, -0.2) is 11.9 Å². The van der Waals surface area contributed by atoms with Gasteiger partial charge in [0.2, 0.25) is 0 Å². The second-order valence-electron chi connectivity index (χ2n) is 7.49. The third-order valence-corrected chi connectivity index (χ3v) is 6.83. The Morgan fingerprint density at radius 3 is 2.84 bits per heavy atom. The quantitative estimate of drug-likeness (QED) is 0.699. The summed E-state index contributed by atoms with van der Waals surface area (Å²) in [6.45, 7) is 0.654. The van der Waals surface area contributed by atoms with Crippen molar-refractivity contribution in [2.45, 2.75) is 30.8 Å². The summed E-state index contributed by atoms with van der Waals surface area (Å²) in [5.41, 5.74) is 7.44. The van der Waals surface area contributed by atoms with Crippen molar-refractivity contribution >= 4 is 27.5 Å². The molecule has 0 saturated carbocycles. The van der Waals surface area contributed by atoms with E-state index in [2.05, 4.69) is 69.1 Å². The minimum absolute atomic E-state index is 0.107. The summed E-state index contributed by atoms with van der Waals surface area (Å²) < 4.78 is 1.12. The van der Waals surface area contributed by atoms with Gasteiger partial charge in [-0.3, -0.25) is 4.79 Å². The van der Waals surface area contributed by atoms with Gasteiger partial charge < -0.3 is 10.6 Å². The van der Waals surface area contributed by atoms with Crippen LogP contribution in [-0.2, 0) is 13.0 Å². The molecule has 1 aromatic rings. The van der Waals surface area contributed by atoms with Gasteiger partial charge in [0.1, 0.15) is 0 Å². The third-order valence-electron chi connectivity index (χ3n) is 6.30. The van der Waals surface area contributed by atoms with Crippen molar-refractivity contribution in [1.82, 2.24) is 5.32 Å². The van der Waals surface area contributed by atoms with Gasteiger partial charge in [0.05, 0.1) is 6.04 Å². The zero-order valence-electron chi connectivity index (χ0n) is 13.6. The van der Waals surface area contributed by atoms with E-state index in [9.17, 15) is 4.79 Å². The molecule has 0 aromatic heterocycles. The molecular weight excluding hydrogens is 376 g/mol. The van der Waals surface area contributed by atoms with Crippen LogP contribution in [0.2, 0.25) is 0 Å². The molecule has 2 aliphatic heterocycles. The number of amides is 1. The van der Waals surface area contributed by atoms with Crippen molar-refractivity contribution in [1.29, 1.82) is 0 Å². The first-order chi connectivity index (χ1) is 12.2. The summed E-state index contributed by atoms with van der Waals surface area (Å²) in [4.78, 5) is 12.7. The van der Waals surface area contributed by atoms with E-state index < -0.39 is 0 Å². The fourth-order valence-corrected chi connectivity index (χ4v) is 5.75. The lowest BCUT2D eigenvalue weighted by atomic mass is 9.82. The van der Waals surface area contributed by atoms with Crippen molar-refractivity contribution in [2.75, 3.05) is 5.32 Å². The molecule has 25 heavy (non-hydrogen) atoms. The Morgan fingerprint density at radius 2 is 1.92 bits per heavy atom. The van der Waals surface area contributed by atoms with E-state index in [1.807, 2.05) is 0 Å². The van der Waals surface area contributed by atoms with Crippen LogP contribution in [0.3, 0.4) is 0 Å². The minimum atomic E-state index is 0.107. The first kappa shape index (κ1) is 14.1. The van der Waals surface area contributed by atoms with Crippen molar-refractivity contribution in [2.24, 2.45) is 5.92 Å². The maximum Gasteiger partial charge on any atom is 0.252 e. The van der Waals surface area contributed by atoms with Crippen LogP contribution in [0.25, 0.3) is 0 Å². The summed E-state index contributed by atoms with van der Waals surface area (Å²) in [5.74, 6) is 1.22. The van der Waals surface area contributed by atoms with E-state index in [-0.39, 0.29) is 11.9 Å². The molecule has 4 heteroatoms. The number of carbonyl (C=O) groups excluding carboxylic acids is 1. The number of allylic oxidation sites excluding steroid dienone is 6. The van der Waals surface area contributed by atoms with Crippen molar-refractivity contribution < 1.29 is 4.79 Å². The van der Waals surface area contributed by atoms with Crippen LogP contribution in [0.1, 0.15) is 44.4 Å². The molecule has 0 spiro atoms. The number of hydrogen-bond acceptors (Lipinski definition) is 2. The lowest BCUT2D eigenvalue weighted by Gasteiger charge is -2.20. The van der Waals surface area contributed by atoms with Gasteiger partial charge in [-0.25, -0.2) is 0 Å². The third kappa shape index (κ3) is 1.73. The second kappa shape index (κ2) is 4.76. The SMILES string of the molecule is O=C1NCc2c1c1c(c3c2C2C=C(Br)C=CC2N3)CC2C=CC=CC12. The topological polar surface area (TPSA) is 41.1 Å². The fraction of sp³-hybridized carbons (Fsp3) is 0.286. The zero-order valence-corrected chi connectivity index (χ0v) is 15.1. The molecule has 3 nitrogen and oxygen atoms in total. The maximum absolute atomic E-state index is 12.7. The average Bonchev–Trinajstić information content (AvgIpc) is 3.27. The van der Waals surface area contributed by atoms with Gasteiger partial charge in [-0.2, -0.15) is 0 Å². The summed E-state index contributed by atoms with van der Waals surface area (Å²) in [5, 5.41) is 6.86. The molecule has 3 aliphatic carbocycles. The molecule has 0 saturated heterocycles. The molecule has 1 amide bonds. The highest BCUT2D eigenvalue weighted by atomic mass is 79.9. The van der Waals surface area contributed by atoms with Crippen LogP contribution in [0.5, 0.6) is 0 Å². The van der Waals surface area contributed by atoms with Crippen molar-refractivity contribution in [3.05, 3.63) is 74.8 Å². The second-order valence-corrected chi connectivity index (χ2v) is 8.40. The lowest BCUT2D eigenvalue weighted by molar-refractivity contribution is 0.0965. The molecule has 6 rings (SSSR count). The number of hydrogen-bond donors (Lipinski definition) is 2. The molecule has 2 N–H and O–H groups in total. The Hall–Kier alpha value is -2.07. The lowest BCUT2D eigenvalue weighted by Crippen LogP contribution is -2.19. The predicted molar refractivity (Wildman–Crippen MR) is 102 cm³/mol. The molecule has 0 fully saturated rings. The highest BCUT2D eigenvalue weighted by molar-refractivity contribution is 9.11. The van der Waals surface area contributed by atoms with Crippen LogP contribution < -0.4 is 10.6 Å². The van der Waals surface area contributed by atoms with E-state index in [0.717, 1.165) is 16.5 Å². The van der Waals surface area contributed by atoms with E-state index >= 15 is 0 Å². The fourth-order valence-electron chi connectivity index (χ4n) is 5.32. The van der Waals surface area contributed by atoms with Crippen LogP contribution in [0.4, 0.5) is 5.69 Å². The van der Waals surface area contributed by atoms with Crippen molar-refractivity contribution in [3.63, 3.8) is 0 Å². The Kier molecular flexibility index (Phi) is 2.69. The summed E-state index contributed by atoms with van der Waals surface area (Å²) in [6.07, 6.45) is 16.5. The monoisotopic (exact) mass is 392 g/mol. The molecular formula is C21H17BrN2O. The molecule has 124 valence electrons. The number of halogens is 1. The maximum atomic E-state index is 12.7. The van der Waals surface area contributed by atoms with E-state index in [1.54, 1.807) is 0 Å². The van der Waals surface area contributed by atoms with Gasteiger partial charge in [0.25, 0.3) is 5.91 Å². The molecule has 2 heterocycles. The van der Waals surface area contributed by atoms with Crippen LogP contribution in [0.15, 0.2) is 47.0 Å². The molecule has 5 aliphatic rings. The van der Waals surface area contributed by atoms with E-state index in [1.165, 1.54) is 27.9 Å². The summed E-state index contributed by atoms with van der Waals surface area (Å²) in [7, 11) is 0. The number of benzene rings is 1. The standard InChI is InChI=1S/C21H17BrN2O/c22-11-5-6-16-13(8-11)18-15-9-23-21(25)19(15)17-12-4-2-1-3-10(12)7-14(17)20(18)24-16/h1-6,8,10,12-13,16,24H,7,9H2,(H,23,25). The van der Waals surface area contributed by atoms with Gasteiger partial charge in [-0.05, 0) is 34.6 Å². The summed E-state index contributed by atoms with van der Waals surface area (Å²) in [6, 6.07) is 0.288. The molecule has 4 atom stereocenters. The summed E-state index contributed by atoms with van der Waals surface area (Å²) >= 11 is 3.63. The van der Waals surface area contributed by atoms with Gasteiger partial charge >= 0.3 is 0 Å². The number of nitrogens with one attached hydrogen (secondary N) is 2. The average molecular weight is 393 g/mol. The molecule has 0 bridgehead atoms. The highest BCUT2D eigenvalue weighted by Crippen LogP contribution is 2.54. The Bertz CT molecular complexity index is 969. The normalized spacial score (nSPS) is 32.4. The number of carbonyl (C=O) groups is 1. The minimum Gasteiger partial charge on any atom is -0.377 e. The van der Waals surface area contributed by atoms with Gasteiger partial charge in [-0.15, -0.1) is 0 Å². The Balaban J connectivity index is 1.65. The van der Waals surface area contributed by atoms with Crippen LogP contribution in [0, 0.1) is 5.92 Å². The Morgan fingerprint density at radius 1 is 1.04 bits per heavy atom. The molecule has 1 aromatic carbocycles. The smallest absolute Gasteiger partial charge is 0.252 e. The first-order valence-corrected chi connectivity index (χ1v) is 9.68.